The van der Waals surface area contributed by atoms with Crippen LogP contribution in [0.5, 0.6) is 0 Å². The lowest BCUT2D eigenvalue weighted by molar-refractivity contribution is -0.275. The molecule has 3 nitrogen and oxygen atoms in total. The van der Waals surface area contributed by atoms with E-state index in [1.807, 2.05) is 0 Å². The number of carbonyl (C=O) groups is 1. The number of furan rings is 1. The van der Waals surface area contributed by atoms with E-state index in [9.17, 15) is 26.7 Å². The second-order valence-corrected chi connectivity index (χ2v) is 5.02. The fourth-order valence-corrected chi connectivity index (χ4v) is 2.45. The van der Waals surface area contributed by atoms with E-state index in [1.54, 1.807) is 0 Å². The van der Waals surface area contributed by atoms with E-state index in [0.717, 1.165) is 0 Å². The zero-order valence-electron chi connectivity index (χ0n) is 11.0. The number of hydrogen-bond donors (Lipinski definition) is 0. The Balaban J connectivity index is 2.24. The highest BCUT2D eigenvalue weighted by molar-refractivity contribution is 5.84. The fourth-order valence-electron chi connectivity index (χ4n) is 2.45. The molecule has 21 heavy (non-hydrogen) atoms. The first kappa shape index (κ1) is 15.8. The van der Waals surface area contributed by atoms with Crippen LogP contribution < -0.4 is 0 Å². The lowest BCUT2D eigenvalue weighted by Crippen LogP contribution is -2.54. The summed E-state index contributed by atoms with van der Waals surface area (Å²) in [6.07, 6.45) is -2.40. The summed E-state index contributed by atoms with van der Waals surface area (Å²) < 4.78 is 68.7. The summed E-state index contributed by atoms with van der Waals surface area (Å²) >= 11 is 0. The Bertz CT molecular complexity index is 477. The second-order valence-electron chi connectivity index (χ2n) is 5.02. The van der Waals surface area contributed by atoms with E-state index in [-0.39, 0.29) is 12.3 Å². The molecule has 1 aliphatic carbocycles. The summed E-state index contributed by atoms with van der Waals surface area (Å²) in [5.74, 6) is -7.42. The highest BCUT2D eigenvalue weighted by atomic mass is 19.4. The number of rotatable bonds is 4. The van der Waals surface area contributed by atoms with Crippen molar-refractivity contribution >= 4 is 5.91 Å². The normalized spacial score (nSPS) is 17.2. The van der Waals surface area contributed by atoms with Gasteiger partial charge in [0.25, 0.3) is 0 Å². The molecule has 118 valence electrons. The highest BCUT2D eigenvalue weighted by Gasteiger charge is 2.65. The Labute approximate surface area is 117 Å². The van der Waals surface area contributed by atoms with Crippen LogP contribution in [0.3, 0.4) is 0 Å². The molecule has 0 N–H and O–H groups in total. The van der Waals surface area contributed by atoms with Crippen molar-refractivity contribution in [2.45, 2.75) is 50.4 Å². The maximum absolute atomic E-state index is 13.3. The smallest absolute Gasteiger partial charge is 0.463 e. The van der Waals surface area contributed by atoms with Gasteiger partial charge in [0.15, 0.2) is 0 Å². The van der Waals surface area contributed by atoms with E-state index < -0.39 is 24.0 Å². The Morgan fingerprint density at radius 2 is 1.86 bits per heavy atom. The average molecular weight is 311 g/mol. The third-order valence-corrected chi connectivity index (χ3v) is 3.56. The van der Waals surface area contributed by atoms with Gasteiger partial charge in [-0.2, -0.15) is 22.0 Å². The molecule has 1 amide bonds. The summed E-state index contributed by atoms with van der Waals surface area (Å²) in [4.78, 5) is 12.3. The van der Waals surface area contributed by atoms with Gasteiger partial charge in [-0.15, -0.1) is 0 Å². The van der Waals surface area contributed by atoms with Crippen LogP contribution in [-0.4, -0.2) is 28.9 Å². The van der Waals surface area contributed by atoms with Crippen molar-refractivity contribution in [3.05, 3.63) is 24.2 Å². The second kappa shape index (κ2) is 5.65. The molecule has 0 unspecified atom stereocenters. The van der Waals surface area contributed by atoms with Crippen molar-refractivity contribution in [3.8, 4) is 0 Å². The minimum atomic E-state index is -5.90. The molecule has 1 aromatic rings. The third-order valence-electron chi connectivity index (χ3n) is 3.56. The Morgan fingerprint density at radius 1 is 1.24 bits per heavy atom. The molecule has 0 radical (unpaired) electrons. The van der Waals surface area contributed by atoms with Gasteiger partial charge < -0.3 is 9.32 Å². The van der Waals surface area contributed by atoms with Gasteiger partial charge >= 0.3 is 18.0 Å². The number of carbonyl (C=O) groups excluding carboxylic acids is 1. The van der Waals surface area contributed by atoms with Crippen molar-refractivity contribution in [1.29, 1.82) is 0 Å². The van der Waals surface area contributed by atoms with Gasteiger partial charge in [0.05, 0.1) is 12.8 Å². The topological polar surface area (TPSA) is 33.5 Å². The zero-order valence-corrected chi connectivity index (χ0v) is 11.0. The monoisotopic (exact) mass is 311 g/mol. The molecule has 0 aliphatic heterocycles. The quantitative estimate of drug-likeness (QED) is 0.794. The van der Waals surface area contributed by atoms with Crippen LogP contribution in [0.1, 0.15) is 31.4 Å². The molecular formula is C13H14F5NO2. The van der Waals surface area contributed by atoms with Gasteiger partial charge in [0.2, 0.25) is 0 Å². The van der Waals surface area contributed by atoms with E-state index in [1.165, 1.54) is 18.4 Å². The first-order valence-electron chi connectivity index (χ1n) is 6.51. The average Bonchev–Trinajstić information content (AvgIpc) is 3.06. The van der Waals surface area contributed by atoms with E-state index in [0.29, 0.717) is 30.6 Å². The Hall–Kier alpha value is -1.60. The number of nitrogens with zero attached hydrogens (tertiary/aromatic N) is 1. The molecule has 1 heterocycles. The fraction of sp³-hybridized carbons (Fsp3) is 0.615. The van der Waals surface area contributed by atoms with Crippen molar-refractivity contribution < 1.29 is 31.2 Å². The van der Waals surface area contributed by atoms with Crippen LogP contribution >= 0.6 is 0 Å². The highest BCUT2D eigenvalue weighted by Crippen LogP contribution is 2.39. The zero-order chi connectivity index (χ0) is 15.7. The Kier molecular flexibility index (Phi) is 4.25. The van der Waals surface area contributed by atoms with Crippen molar-refractivity contribution in [1.82, 2.24) is 4.90 Å². The van der Waals surface area contributed by atoms with Crippen LogP contribution in [-0.2, 0) is 11.3 Å². The van der Waals surface area contributed by atoms with Crippen LogP contribution in [0.25, 0.3) is 0 Å². The van der Waals surface area contributed by atoms with Crippen LogP contribution in [0.4, 0.5) is 22.0 Å². The first-order valence-corrected chi connectivity index (χ1v) is 6.51. The predicted molar refractivity (Wildman–Crippen MR) is 62.5 cm³/mol. The third kappa shape index (κ3) is 3.19. The number of hydrogen-bond acceptors (Lipinski definition) is 2. The minimum absolute atomic E-state index is 0.174. The molecule has 1 aromatic heterocycles. The largest absolute Gasteiger partial charge is 0.467 e. The summed E-state index contributed by atoms with van der Waals surface area (Å²) in [7, 11) is 0. The maximum Gasteiger partial charge on any atom is 0.463 e. The predicted octanol–water partition coefficient (Wildman–Crippen LogP) is 3.75. The molecule has 8 heteroatoms. The molecule has 0 bridgehead atoms. The minimum Gasteiger partial charge on any atom is -0.467 e. The summed E-state index contributed by atoms with van der Waals surface area (Å²) in [5.41, 5.74) is 0. The van der Waals surface area contributed by atoms with E-state index in [4.69, 9.17) is 4.42 Å². The van der Waals surface area contributed by atoms with Gasteiger partial charge in [-0.05, 0) is 25.0 Å². The van der Waals surface area contributed by atoms with Gasteiger partial charge in [-0.3, -0.25) is 4.79 Å². The number of amides is 1. The standard InChI is InChI=1S/C13H14F5NO2/c14-12(15,13(16,17)18)11(20)19(9-4-1-2-5-9)8-10-6-3-7-21-10/h3,6-7,9H,1-2,4-5,8H2. The van der Waals surface area contributed by atoms with Gasteiger partial charge in [0.1, 0.15) is 5.76 Å². The van der Waals surface area contributed by atoms with Crippen LogP contribution in [0.15, 0.2) is 22.8 Å². The molecule has 2 rings (SSSR count). The molecule has 0 saturated heterocycles. The lowest BCUT2D eigenvalue weighted by atomic mass is 10.1. The van der Waals surface area contributed by atoms with Gasteiger partial charge in [-0.25, -0.2) is 0 Å². The summed E-state index contributed by atoms with van der Waals surface area (Å²) in [5, 5.41) is 0. The number of halogens is 5. The summed E-state index contributed by atoms with van der Waals surface area (Å²) in [6.45, 7) is -0.387. The van der Waals surface area contributed by atoms with E-state index in [2.05, 4.69) is 0 Å². The van der Waals surface area contributed by atoms with Crippen molar-refractivity contribution in [2.24, 2.45) is 0 Å². The van der Waals surface area contributed by atoms with Gasteiger partial charge in [0, 0.05) is 6.04 Å². The molecule has 0 spiro atoms. The molecule has 1 saturated carbocycles. The summed E-state index contributed by atoms with van der Waals surface area (Å²) in [6, 6.07) is 2.30. The molecular weight excluding hydrogens is 297 g/mol. The molecule has 1 aliphatic rings. The van der Waals surface area contributed by atoms with Crippen LogP contribution in [0, 0.1) is 0 Å². The molecule has 0 atom stereocenters. The maximum atomic E-state index is 13.3. The SMILES string of the molecule is O=C(N(Cc1ccco1)C1CCCC1)C(F)(F)C(F)(F)F. The van der Waals surface area contributed by atoms with Crippen molar-refractivity contribution in [2.75, 3.05) is 0 Å². The Morgan fingerprint density at radius 3 is 2.33 bits per heavy atom. The van der Waals surface area contributed by atoms with Gasteiger partial charge in [-0.1, -0.05) is 12.8 Å². The lowest BCUT2D eigenvalue weighted by Gasteiger charge is -2.32. The van der Waals surface area contributed by atoms with E-state index >= 15 is 0 Å². The molecule has 0 aromatic carbocycles. The van der Waals surface area contributed by atoms with Crippen molar-refractivity contribution in [3.63, 3.8) is 0 Å². The van der Waals surface area contributed by atoms with Crippen LogP contribution in [0.2, 0.25) is 0 Å². The molecule has 1 fully saturated rings. The number of alkyl halides is 5. The first-order chi connectivity index (χ1) is 9.73.